The zero-order valence-electron chi connectivity index (χ0n) is 11.6. The van der Waals surface area contributed by atoms with Gasteiger partial charge in [-0.25, -0.2) is 0 Å². The number of hydrogen-bond donors (Lipinski definition) is 1. The van der Waals surface area contributed by atoms with Crippen molar-refractivity contribution in [1.29, 1.82) is 0 Å². The van der Waals surface area contributed by atoms with Gasteiger partial charge in [-0.15, -0.1) is 0 Å². The van der Waals surface area contributed by atoms with Gasteiger partial charge < -0.3 is 10.0 Å². The van der Waals surface area contributed by atoms with E-state index in [0.29, 0.717) is 38.4 Å². The number of aliphatic carboxylic acids is 1. The molecule has 0 aliphatic carbocycles. The number of likely N-dealkylation sites (N-methyl/N-ethyl adjacent to an activating group) is 1. The lowest BCUT2D eigenvalue weighted by atomic mass is 9.97. The van der Waals surface area contributed by atoms with E-state index in [2.05, 4.69) is 13.8 Å². The predicted octanol–water partition coefficient (Wildman–Crippen LogP) is 0.897. The summed E-state index contributed by atoms with van der Waals surface area (Å²) in [6.45, 7) is 6.72. The van der Waals surface area contributed by atoms with E-state index < -0.39 is 5.97 Å². The van der Waals surface area contributed by atoms with Gasteiger partial charge in [-0.1, -0.05) is 13.8 Å². The molecule has 0 aromatic heterocycles. The van der Waals surface area contributed by atoms with Crippen molar-refractivity contribution in [2.75, 3.05) is 33.2 Å². The van der Waals surface area contributed by atoms with Gasteiger partial charge in [0, 0.05) is 19.6 Å². The van der Waals surface area contributed by atoms with E-state index in [9.17, 15) is 9.59 Å². The second-order valence-electron chi connectivity index (χ2n) is 5.58. The smallest absolute Gasteiger partial charge is 0.306 e. The minimum absolute atomic E-state index is 0.113. The summed E-state index contributed by atoms with van der Waals surface area (Å²) >= 11 is 0. The molecule has 1 rings (SSSR count). The summed E-state index contributed by atoms with van der Waals surface area (Å²) in [6.07, 6.45) is 1.16. The van der Waals surface area contributed by atoms with Crippen LogP contribution in [0.5, 0.6) is 0 Å². The first-order valence-corrected chi connectivity index (χ1v) is 6.59. The summed E-state index contributed by atoms with van der Waals surface area (Å²) in [5.74, 6) is -0.357. The zero-order chi connectivity index (χ0) is 13.7. The van der Waals surface area contributed by atoms with Gasteiger partial charge in [0.25, 0.3) is 0 Å². The second-order valence-corrected chi connectivity index (χ2v) is 5.58. The Morgan fingerprint density at radius 1 is 1.33 bits per heavy atom. The van der Waals surface area contributed by atoms with Crippen molar-refractivity contribution in [2.24, 2.45) is 11.8 Å². The van der Waals surface area contributed by atoms with Gasteiger partial charge in [-0.05, 0) is 25.8 Å². The van der Waals surface area contributed by atoms with Gasteiger partial charge in [0.15, 0.2) is 0 Å². The third-order valence-electron chi connectivity index (χ3n) is 3.28. The fraction of sp³-hybridized carbons (Fsp3) is 0.846. The van der Waals surface area contributed by atoms with Crippen molar-refractivity contribution >= 4 is 11.9 Å². The van der Waals surface area contributed by atoms with Crippen LogP contribution in [-0.2, 0) is 9.59 Å². The molecular formula is C13H24N2O3. The molecule has 0 bridgehead atoms. The average Bonchev–Trinajstić information content (AvgIpc) is 2.27. The van der Waals surface area contributed by atoms with Crippen LogP contribution in [0, 0.1) is 11.8 Å². The monoisotopic (exact) mass is 256 g/mol. The number of carbonyl (C=O) groups excluding carboxylic acids is 1. The molecule has 0 aromatic carbocycles. The molecular weight excluding hydrogens is 232 g/mol. The second kappa shape index (κ2) is 6.73. The molecule has 0 unspecified atom stereocenters. The van der Waals surface area contributed by atoms with E-state index in [-0.39, 0.29) is 11.8 Å². The Morgan fingerprint density at radius 3 is 2.33 bits per heavy atom. The highest BCUT2D eigenvalue weighted by Crippen LogP contribution is 2.17. The number of amides is 1. The van der Waals surface area contributed by atoms with Crippen molar-refractivity contribution in [1.82, 2.24) is 9.80 Å². The molecule has 0 saturated carbocycles. The van der Waals surface area contributed by atoms with Gasteiger partial charge in [0.2, 0.25) is 5.91 Å². The van der Waals surface area contributed by atoms with E-state index in [0.717, 1.165) is 6.54 Å². The predicted molar refractivity (Wildman–Crippen MR) is 69.3 cm³/mol. The van der Waals surface area contributed by atoms with Crippen LogP contribution in [0.15, 0.2) is 0 Å². The quantitative estimate of drug-likeness (QED) is 0.794. The molecule has 0 radical (unpaired) electrons. The van der Waals surface area contributed by atoms with Crippen molar-refractivity contribution in [3.8, 4) is 0 Å². The largest absolute Gasteiger partial charge is 0.481 e. The lowest BCUT2D eigenvalue weighted by Crippen LogP contribution is -2.44. The summed E-state index contributed by atoms with van der Waals surface area (Å²) in [5, 5.41) is 8.90. The van der Waals surface area contributed by atoms with Crippen LogP contribution in [0.3, 0.4) is 0 Å². The van der Waals surface area contributed by atoms with Crippen molar-refractivity contribution in [3.63, 3.8) is 0 Å². The molecule has 104 valence electrons. The molecule has 1 amide bonds. The Labute approximate surface area is 109 Å². The molecule has 18 heavy (non-hydrogen) atoms. The van der Waals surface area contributed by atoms with Crippen LogP contribution < -0.4 is 0 Å². The maximum Gasteiger partial charge on any atom is 0.306 e. The molecule has 0 aromatic rings. The van der Waals surface area contributed by atoms with E-state index in [1.807, 2.05) is 11.9 Å². The highest BCUT2D eigenvalue weighted by atomic mass is 16.4. The summed E-state index contributed by atoms with van der Waals surface area (Å²) in [7, 11) is 1.95. The van der Waals surface area contributed by atoms with Gasteiger partial charge in [0.1, 0.15) is 0 Å². The molecule has 1 aliphatic rings. The Bertz CT molecular complexity index is 297. The Balaban J connectivity index is 2.34. The lowest BCUT2D eigenvalue weighted by molar-refractivity contribution is -0.145. The fourth-order valence-electron chi connectivity index (χ4n) is 2.39. The summed E-state index contributed by atoms with van der Waals surface area (Å²) in [6, 6.07) is 0. The molecule has 1 heterocycles. The summed E-state index contributed by atoms with van der Waals surface area (Å²) in [4.78, 5) is 26.6. The standard InChI is InChI=1S/C13H24N2O3/c1-10(2)8-14(3)9-12(16)15-6-4-11(5-7-15)13(17)18/h10-11H,4-9H2,1-3H3,(H,17,18). The van der Waals surface area contributed by atoms with Crippen molar-refractivity contribution in [3.05, 3.63) is 0 Å². The SMILES string of the molecule is CC(C)CN(C)CC(=O)N1CCC(C(=O)O)CC1. The normalized spacial score (nSPS) is 17.5. The maximum absolute atomic E-state index is 12.0. The number of rotatable bonds is 5. The van der Waals surface area contributed by atoms with E-state index >= 15 is 0 Å². The first-order chi connectivity index (χ1) is 8.40. The molecule has 0 atom stereocenters. The minimum atomic E-state index is -0.737. The minimum Gasteiger partial charge on any atom is -0.481 e. The molecule has 1 aliphatic heterocycles. The summed E-state index contributed by atoms with van der Waals surface area (Å²) in [5.41, 5.74) is 0. The van der Waals surface area contributed by atoms with E-state index in [1.54, 1.807) is 4.90 Å². The van der Waals surface area contributed by atoms with Gasteiger partial charge in [-0.3, -0.25) is 14.5 Å². The van der Waals surface area contributed by atoms with Crippen LogP contribution >= 0.6 is 0 Å². The Kier molecular flexibility index (Phi) is 5.59. The molecule has 1 fully saturated rings. The van der Waals surface area contributed by atoms with Crippen molar-refractivity contribution < 1.29 is 14.7 Å². The highest BCUT2D eigenvalue weighted by molar-refractivity contribution is 5.78. The zero-order valence-corrected chi connectivity index (χ0v) is 11.6. The van der Waals surface area contributed by atoms with Crippen molar-refractivity contribution in [2.45, 2.75) is 26.7 Å². The number of nitrogens with zero attached hydrogens (tertiary/aromatic N) is 2. The third-order valence-corrected chi connectivity index (χ3v) is 3.28. The van der Waals surface area contributed by atoms with Gasteiger partial charge in [-0.2, -0.15) is 0 Å². The lowest BCUT2D eigenvalue weighted by Gasteiger charge is -2.31. The number of hydrogen-bond acceptors (Lipinski definition) is 3. The number of likely N-dealkylation sites (tertiary alicyclic amines) is 1. The van der Waals surface area contributed by atoms with Crippen LogP contribution in [0.2, 0.25) is 0 Å². The van der Waals surface area contributed by atoms with Crippen LogP contribution in [-0.4, -0.2) is 60.0 Å². The topological polar surface area (TPSA) is 60.9 Å². The van der Waals surface area contributed by atoms with E-state index in [4.69, 9.17) is 5.11 Å². The van der Waals surface area contributed by atoms with Crippen LogP contribution in [0.4, 0.5) is 0 Å². The maximum atomic E-state index is 12.0. The average molecular weight is 256 g/mol. The number of piperidine rings is 1. The third kappa shape index (κ3) is 4.64. The molecule has 0 spiro atoms. The van der Waals surface area contributed by atoms with Gasteiger partial charge >= 0.3 is 5.97 Å². The Hall–Kier alpha value is -1.10. The molecule has 1 N–H and O–H groups in total. The number of carbonyl (C=O) groups is 2. The number of carboxylic acids is 1. The van der Waals surface area contributed by atoms with Gasteiger partial charge in [0.05, 0.1) is 12.5 Å². The fourth-order valence-corrected chi connectivity index (χ4v) is 2.39. The van der Waals surface area contributed by atoms with Crippen LogP contribution in [0.25, 0.3) is 0 Å². The first-order valence-electron chi connectivity index (χ1n) is 6.59. The molecule has 5 heteroatoms. The molecule has 1 saturated heterocycles. The van der Waals surface area contributed by atoms with Crippen LogP contribution in [0.1, 0.15) is 26.7 Å². The highest BCUT2D eigenvalue weighted by Gasteiger charge is 2.27. The molecule has 5 nitrogen and oxygen atoms in total. The summed E-state index contributed by atoms with van der Waals surface area (Å²) < 4.78 is 0. The Morgan fingerprint density at radius 2 is 1.89 bits per heavy atom. The number of carboxylic acid groups (broad SMARTS) is 1. The van der Waals surface area contributed by atoms with E-state index in [1.165, 1.54) is 0 Å². The first kappa shape index (κ1) is 15.0.